The minimum absolute atomic E-state index is 0.0550. The smallest absolute Gasteiger partial charge is 0.221 e. The van der Waals surface area contributed by atoms with Crippen LogP contribution in [0.1, 0.15) is 28.4 Å². The van der Waals surface area contributed by atoms with E-state index in [4.69, 9.17) is 28.9 Å². The Hall–Kier alpha value is -2.04. The summed E-state index contributed by atoms with van der Waals surface area (Å²) in [6.07, 6.45) is -0.0550. The number of nitrogens with two attached hydrogens (primary N) is 1. The molecule has 0 fully saturated rings. The van der Waals surface area contributed by atoms with Crippen molar-refractivity contribution in [3.63, 3.8) is 0 Å². The molecule has 2 rings (SSSR count). The van der Waals surface area contributed by atoms with Crippen LogP contribution in [0, 0.1) is 6.92 Å². The zero-order chi connectivity index (χ0) is 17.1. The van der Waals surface area contributed by atoms with Crippen LogP contribution in [0.3, 0.4) is 0 Å². The van der Waals surface area contributed by atoms with Crippen LogP contribution in [0.25, 0.3) is 0 Å². The molecule has 1 amide bonds. The van der Waals surface area contributed by atoms with Gasteiger partial charge < -0.3 is 11.1 Å². The summed E-state index contributed by atoms with van der Waals surface area (Å²) in [5, 5.41) is 3.82. The molecule has 3 N–H and O–H groups in total. The van der Waals surface area contributed by atoms with Gasteiger partial charge in [0.15, 0.2) is 5.78 Å². The van der Waals surface area contributed by atoms with Gasteiger partial charge >= 0.3 is 0 Å². The number of rotatable bonds is 5. The van der Waals surface area contributed by atoms with Crippen LogP contribution in [0.4, 0.5) is 11.4 Å². The first-order chi connectivity index (χ1) is 10.8. The van der Waals surface area contributed by atoms with Gasteiger partial charge in [0.1, 0.15) is 0 Å². The number of aryl methyl sites for hydroxylation is 1. The number of hydrogen-bond donors (Lipinski definition) is 2. The Balaban J connectivity index is 2.47. The molecule has 0 spiro atoms. The Morgan fingerprint density at radius 1 is 1.13 bits per heavy atom. The number of carbonyl (C=O) groups is 2. The zero-order valence-electron chi connectivity index (χ0n) is 12.7. The van der Waals surface area contributed by atoms with E-state index in [9.17, 15) is 9.59 Å². The Labute approximate surface area is 144 Å². The van der Waals surface area contributed by atoms with Gasteiger partial charge in [0.05, 0.1) is 17.1 Å². The monoisotopic (exact) mass is 350 g/mol. The number of benzene rings is 2. The number of amides is 1. The van der Waals surface area contributed by atoms with Crippen molar-refractivity contribution in [2.24, 2.45) is 5.73 Å². The number of nitrogens with one attached hydrogen (secondary N) is 1. The van der Waals surface area contributed by atoms with Gasteiger partial charge in [-0.05, 0) is 43.7 Å². The molecule has 2 aromatic carbocycles. The van der Waals surface area contributed by atoms with Gasteiger partial charge in [-0.1, -0.05) is 29.3 Å². The average molecular weight is 351 g/mol. The van der Waals surface area contributed by atoms with Crippen molar-refractivity contribution in [3.05, 3.63) is 57.1 Å². The van der Waals surface area contributed by atoms with Crippen molar-refractivity contribution in [3.8, 4) is 0 Å². The lowest BCUT2D eigenvalue weighted by atomic mass is 10.1. The van der Waals surface area contributed by atoms with E-state index in [1.54, 1.807) is 18.2 Å². The summed E-state index contributed by atoms with van der Waals surface area (Å²) in [5.74, 6) is -0.583. The number of hydrogen-bond acceptors (Lipinski definition) is 3. The number of ketones is 1. The molecule has 0 heterocycles. The molecule has 0 unspecified atom stereocenters. The van der Waals surface area contributed by atoms with Gasteiger partial charge in [-0.25, -0.2) is 0 Å². The lowest BCUT2D eigenvalue weighted by Gasteiger charge is -2.15. The van der Waals surface area contributed by atoms with Crippen LogP contribution in [-0.2, 0) is 11.2 Å². The molecular formula is C17H16Cl2N2O2. The minimum atomic E-state index is -0.522. The highest BCUT2D eigenvalue weighted by Crippen LogP contribution is 2.34. The summed E-state index contributed by atoms with van der Waals surface area (Å²) < 4.78 is 0. The summed E-state index contributed by atoms with van der Waals surface area (Å²) in [7, 11) is 0. The first-order valence-corrected chi connectivity index (χ1v) is 7.69. The molecule has 0 saturated heterocycles. The topological polar surface area (TPSA) is 72.2 Å². The third-order valence-electron chi connectivity index (χ3n) is 3.36. The van der Waals surface area contributed by atoms with Crippen LogP contribution in [0.5, 0.6) is 0 Å². The first kappa shape index (κ1) is 17.3. The Kier molecular flexibility index (Phi) is 5.29. The summed E-state index contributed by atoms with van der Waals surface area (Å²) in [6.45, 7) is 3.43. The lowest BCUT2D eigenvalue weighted by Crippen LogP contribution is -2.14. The van der Waals surface area contributed by atoms with E-state index in [1.807, 2.05) is 19.1 Å². The predicted octanol–water partition coefficient (Wildman–Crippen LogP) is 4.28. The minimum Gasteiger partial charge on any atom is -0.369 e. The van der Waals surface area contributed by atoms with E-state index in [0.717, 1.165) is 5.56 Å². The van der Waals surface area contributed by atoms with Crippen molar-refractivity contribution in [1.29, 1.82) is 0 Å². The van der Waals surface area contributed by atoms with Gasteiger partial charge in [-0.15, -0.1) is 0 Å². The third kappa shape index (κ3) is 4.03. The summed E-state index contributed by atoms with van der Waals surface area (Å²) in [4.78, 5) is 22.9. The van der Waals surface area contributed by atoms with Crippen molar-refractivity contribution in [2.75, 3.05) is 5.32 Å². The van der Waals surface area contributed by atoms with Crippen LogP contribution in [-0.4, -0.2) is 11.7 Å². The van der Waals surface area contributed by atoms with Crippen molar-refractivity contribution < 1.29 is 9.59 Å². The summed E-state index contributed by atoms with van der Waals surface area (Å²) >= 11 is 12.4. The lowest BCUT2D eigenvalue weighted by molar-refractivity contribution is -0.117. The molecule has 0 aliphatic heterocycles. The molecule has 0 aliphatic rings. The number of carbonyl (C=O) groups excluding carboxylic acids is 2. The molecule has 0 atom stereocenters. The second kappa shape index (κ2) is 7.02. The molecule has 6 heteroatoms. The molecule has 0 radical (unpaired) electrons. The number of halogens is 2. The molecular weight excluding hydrogens is 335 g/mol. The highest BCUT2D eigenvalue weighted by Gasteiger charge is 2.15. The summed E-state index contributed by atoms with van der Waals surface area (Å²) in [6, 6.07) is 8.81. The Morgan fingerprint density at radius 3 is 2.43 bits per heavy atom. The number of anilines is 2. The highest BCUT2D eigenvalue weighted by molar-refractivity contribution is 6.38. The average Bonchev–Trinajstić information content (AvgIpc) is 2.46. The Bertz CT molecular complexity index is 788. The van der Waals surface area contributed by atoms with Gasteiger partial charge in [-0.3, -0.25) is 9.59 Å². The molecule has 120 valence electrons. The van der Waals surface area contributed by atoms with Crippen LogP contribution >= 0.6 is 23.2 Å². The SMILES string of the molecule is CC(=O)c1ccc(C)cc1Nc1ccc(Cl)c(CC(N)=O)c1Cl. The van der Waals surface area contributed by atoms with E-state index in [-0.39, 0.29) is 12.2 Å². The molecule has 0 bridgehead atoms. The largest absolute Gasteiger partial charge is 0.369 e. The predicted molar refractivity (Wildman–Crippen MR) is 93.8 cm³/mol. The fourth-order valence-electron chi connectivity index (χ4n) is 2.24. The van der Waals surface area contributed by atoms with Crippen molar-refractivity contribution in [1.82, 2.24) is 0 Å². The van der Waals surface area contributed by atoms with Crippen molar-refractivity contribution in [2.45, 2.75) is 20.3 Å². The molecule has 0 aliphatic carbocycles. The van der Waals surface area contributed by atoms with Crippen LogP contribution in [0.2, 0.25) is 10.0 Å². The highest BCUT2D eigenvalue weighted by atomic mass is 35.5. The molecule has 0 saturated carbocycles. The fourth-order valence-corrected chi connectivity index (χ4v) is 2.80. The molecule has 4 nitrogen and oxygen atoms in total. The zero-order valence-corrected chi connectivity index (χ0v) is 14.3. The first-order valence-electron chi connectivity index (χ1n) is 6.93. The van der Waals surface area contributed by atoms with E-state index in [0.29, 0.717) is 32.5 Å². The van der Waals surface area contributed by atoms with Crippen molar-refractivity contribution >= 4 is 46.3 Å². The van der Waals surface area contributed by atoms with E-state index in [2.05, 4.69) is 5.32 Å². The number of primary amides is 1. The van der Waals surface area contributed by atoms with Gasteiger partial charge in [0.2, 0.25) is 5.91 Å². The van der Waals surface area contributed by atoms with Gasteiger partial charge in [0, 0.05) is 21.8 Å². The van der Waals surface area contributed by atoms with E-state index in [1.165, 1.54) is 6.92 Å². The van der Waals surface area contributed by atoms with E-state index < -0.39 is 5.91 Å². The maximum Gasteiger partial charge on any atom is 0.221 e. The van der Waals surface area contributed by atoms with Crippen LogP contribution < -0.4 is 11.1 Å². The fraction of sp³-hybridized carbons (Fsp3) is 0.176. The van der Waals surface area contributed by atoms with Crippen LogP contribution in [0.15, 0.2) is 30.3 Å². The Morgan fingerprint density at radius 2 is 1.83 bits per heavy atom. The normalized spacial score (nSPS) is 10.4. The van der Waals surface area contributed by atoms with Gasteiger partial charge in [0.25, 0.3) is 0 Å². The second-order valence-electron chi connectivity index (χ2n) is 5.26. The molecule has 23 heavy (non-hydrogen) atoms. The van der Waals surface area contributed by atoms with Gasteiger partial charge in [-0.2, -0.15) is 0 Å². The molecule has 2 aromatic rings. The van der Waals surface area contributed by atoms with E-state index >= 15 is 0 Å². The third-order valence-corrected chi connectivity index (χ3v) is 4.15. The number of Topliss-reactive ketones (excluding diaryl/α,β-unsaturated/α-hetero) is 1. The second-order valence-corrected chi connectivity index (χ2v) is 6.05. The maximum atomic E-state index is 11.8. The maximum absolute atomic E-state index is 11.8. The summed E-state index contributed by atoms with van der Waals surface area (Å²) in [5.41, 5.74) is 8.44. The molecule has 0 aromatic heterocycles. The quantitative estimate of drug-likeness (QED) is 0.790. The standard InChI is InChI=1S/C17H16Cl2N2O2/c1-9-3-4-11(10(2)22)15(7-9)21-14-6-5-13(18)12(17(14)19)8-16(20)23/h3-7,21H,8H2,1-2H3,(H2,20,23).